The second kappa shape index (κ2) is 7.57. The SMILES string of the molecule is CC(C)(C)OC(=O)NCCC=Cc1cc(F)ccc1C=O. The minimum Gasteiger partial charge on any atom is -0.444 e. The van der Waals surface area contributed by atoms with Gasteiger partial charge in [-0.15, -0.1) is 0 Å². The van der Waals surface area contributed by atoms with Crippen LogP contribution in [0.2, 0.25) is 0 Å². The van der Waals surface area contributed by atoms with Gasteiger partial charge in [-0.05, 0) is 51.0 Å². The van der Waals surface area contributed by atoms with Gasteiger partial charge in [-0.25, -0.2) is 9.18 Å². The van der Waals surface area contributed by atoms with Crippen molar-refractivity contribution in [2.24, 2.45) is 0 Å². The highest BCUT2D eigenvalue weighted by Gasteiger charge is 2.15. The molecule has 0 aliphatic carbocycles. The molecular formula is C16H20FNO3. The summed E-state index contributed by atoms with van der Waals surface area (Å²) in [5.41, 5.74) is 0.412. The van der Waals surface area contributed by atoms with Crippen molar-refractivity contribution in [3.63, 3.8) is 0 Å². The summed E-state index contributed by atoms with van der Waals surface area (Å²) in [4.78, 5) is 22.2. The minimum atomic E-state index is -0.527. The third kappa shape index (κ3) is 6.70. The van der Waals surface area contributed by atoms with Crippen LogP contribution in [0.1, 0.15) is 43.1 Å². The molecule has 1 amide bonds. The molecule has 0 saturated heterocycles. The van der Waals surface area contributed by atoms with Crippen LogP contribution in [-0.4, -0.2) is 24.5 Å². The van der Waals surface area contributed by atoms with E-state index in [1.165, 1.54) is 18.2 Å². The summed E-state index contributed by atoms with van der Waals surface area (Å²) in [5, 5.41) is 2.61. The van der Waals surface area contributed by atoms with Crippen LogP contribution in [0.15, 0.2) is 24.3 Å². The van der Waals surface area contributed by atoms with E-state index in [1.807, 2.05) is 0 Å². The molecule has 1 N–H and O–H groups in total. The van der Waals surface area contributed by atoms with Crippen molar-refractivity contribution in [2.45, 2.75) is 32.8 Å². The fourth-order valence-corrected chi connectivity index (χ4v) is 1.58. The number of hydrogen-bond acceptors (Lipinski definition) is 3. The van der Waals surface area contributed by atoms with E-state index in [9.17, 15) is 14.0 Å². The Balaban J connectivity index is 2.44. The summed E-state index contributed by atoms with van der Waals surface area (Å²) >= 11 is 0. The predicted octanol–water partition coefficient (Wildman–Crippen LogP) is 3.57. The molecule has 4 nitrogen and oxygen atoms in total. The number of benzene rings is 1. The van der Waals surface area contributed by atoms with Crippen LogP contribution in [0.25, 0.3) is 6.08 Å². The number of hydrogen-bond donors (Lipinski definition) is 1. The van der Waals surface area contributed by atoms with E-state index in [1.54, 1.807) is 32.9 Å². The van der Waals surface area contributed by atoms with Crippen molar-refractivity contribution >= 4 is 18.5 Å². The molecule has 0 radical (unpaired) electrons. The highest BCUT2D eigenvalue weighted by molar-refractivity contribution is 5.81. The molecule has 0 aliphatic heterocycles. The zero-order valence-corrected chi connectivity index (χ0v) is 12.5. The molecule has 0 spiro atoms. The van der Waals surface area contributed by atoms with Gasteiger partial charge >= 0.3 is 6.09 Å². The lowest BCUT2D eigenvalue weighted by molar-refractivity contribution is 0.0528. The van der Waals surface area contributed by atoms with E-state index in [0.29, 0.717) is 30.4 Å². The van der Waals surface area contributed by atoms with Crippen molar-refractivity contribution < 1.29 is 18.7 Å². The fourth-order valence-electron chi connectivity index (χ4n) is 1.58. The van der Waals surface area contributed by atoms with Crippen molar-refractivity contribution in [2.75, 3.05) is 6.54 Å². The lowest BCUT2D eigenvalue weighted by Gasteiger charge is -2.19. The smallest absolute Gasteiger partial charge is 0.407 e. The van der Waals surface area contributed by atoms with Crippen LogP contribution in [0.3, 0.4) is 0 Å². The first-order valence-corrected chi connectivity index (χ1v) is 6.70. The second-order valence-electron chi connectivity index (χ2n) is 5.51. The van der Waals surface area contributed by atoms with Crippen molar-refractivity contribution in [1.82, 2.24) is 5.32 Å². The molecule has 0 bridgehead atoms. The van der Waals surface area contributed by atoms with Gasteiger partial charge in [-0.1, -0.05) is 12.2 Å². The predicted molar refractivity (Wildman–Crippen MR) is 79.7 cm³/mol. The molecule has 1 aromatic rings. The average Bonchev–Trinajstić information content (AvgIpc) is 2.36. The number of amides is 1. The van der Waals surface area contributed by atoms with E-state index in [-0.39, 0.29) is 0 Å². The molecule has 0 aliphatic rings. The highest BCUT2D eigenvalue weighted by Crippen LogP contribution is 2.11. The number of carbonyl (C=O) groups is 2. The van der Waals surface area contributed by atoms with Gasteiger partial charge in [0.2, 0.25) is 0 Å². The Morgan fingerprint density at radius 2 is 2.05 bits per heavy atom. The number of ether oxygens (including phenoxy) is 1. The number of nitrogens with one attached hydrogen (secondary N) is 1. The molecule has 114 valence electrons. The standard InChI is InChI=1S/C16H20FNO3/c1-16(2,3)21-15(20)18-9-5-4-6-12-10-14(17)8-7-13(12)11-19/h4,6-8,10-11H,5,9H2,1-3H3,(H,18,20). The Morgan fingerprint density at radius 1 is 1.33 bits per heavy atom. The van der Waals surface area contributed by atoms with Crippen LogP contribution in [0, 0.1) is 5.82 Å². The lowest BCUT2D eigenvalue weighted by atomic mass is 10.1. The Labute approximate surface area is 124 Å². The lowest BCUT2D eigenvalue weighted by Crippen LogP contribution is -2.32. The zero-order chi connectivity index (χ0) is 15.9. The molecular weight excluding hydrogens is 273 g/mol. The summed E-state index contributed by atoms with van der Waals surface area (Å²) in [6.45, 7) is 5.77. The molecule has 0 unspecified atom stereocenters. The van der Waals surface area contributed by atoms with Gasteiger partial charge in [0.1, 0.15) is 11.4 Å². The minimum absolute atomic E-state index is 0.396. The topological polar surface area (TPSA) is 55.4 Å². The van der Waals surface area contributed by atoms with E-state index in [0.717, 1.165) is 0 Å². The maximum Gasteiger partial charge on any atom is 0.407 e. The quantitative estimate of drug-likeness (QED) is 0.667. The highest BCUT2D eigenvalue weighted by atomic mass is 19.1. The van der Waals surface area contributed by atoms with Gasteiger partial charge in [0.25, 0.3) is 0 Å². The van der Waals surface area contributed by atoms with Crippen LogP contribution in [0.5, 0.6) is 0 Å². The van der Waals surface area contributed by atoms with Crippen LogP contribution < -0.4 is 5.32 Å². The van der Waals surface area contributed by atoms with Crippen molar-refractivity contribution in [3.8, 4) is 0 Å². The normalized spacial score (nSPS) is 11.4. The van der Waals surface area contributed by atoms with Gasteiger partial charge in [0.15, 0.2) is 6.29 Å². The van der Waals surface area contributed by atoms with E-state index < -0.39 is 17.5 Å². The first-order chi connectivity index (χ1) is 9.81. The van der Waals surface area contributed by atoms with Crippen molar-refractivity contribution in [1.29, 1.82) is 0 Å². The molecule has 0 atom stereocenters. The summed E-state index contributed by atoms with van der Waals surface area (Å²) < 4.78 is 18.2. The third-order valence-electron chi connectivity index (χ3n) is 2.45. The first-order valence-electron chi connectivity index (χ1n) is 6.70. The van der Waals surface area contributed by atoms with E-state index in [2.05, 4.69) is 5.32 Å². The van der Waals surface area contributed by atoms with Crippen LogP contribution >= 0.6 is 0 Å². The molecule has 1 rings (SSSR count). The summed E-state index contributed by atoms with van der Waals surface area (Å²) in [7, 11) is 0. The molecule has 0 saturated carbocycles. The maximum absolute atomic E-state index is 13.1. The zero-order valence-electron chi connectivity index (χ0n) is 12.5. The van der Waals surface area contributed by atoms with Gasteiger partial charge < -0.3 is 10.1 Å². The van der Waals surface area contributed by atoms with E-state index in [4.69, 9.17) is 4.74 Å². The van der Waals surface area contributed by atoms with Gasteiger partial charge in [0, 0.05) is 12.1 Å². The molecule has 5 heteroatoms. The van der Waals surface area contributed by atoms with Crippen LogP contribution in [0.4, 0.5) is 9.18 Å². The summed E-state index contributed by atoms with van der Waals surface area (Å²) in [6, 6.07) is 3.97. The largest absolute Gasteiger partial charge is 0.444 e. The Morgan fingerprint density at radius 3 is 2.67 bits per heavy atom. The molecule has 0 heterocycles. The molecule has 1 aromatic carbocycles. The summed E-state index contributed by atoms with van der Waals surface area (Å²) in [6.07, 6.45) is 4.17. The number of halogens is 1. The summed E-state index contributed by atoms with van der Waals surface area (Å²) in [5.74, 6) is -0.396. The molecule has 0 aromatic heterocycles. The number of aldehydes is 1. The number of rotatable bonds is 5. The van der Waals surface area contributed by atoms with E-state index >= 15 is 0 Å². The first kappa shape index (κ1) is 16.9. The second-order valence-corrected chi connectivity index (χ2v) is 5.51. The Hall–Kier alpha value is -2.17. The monoisotopic (exact) mass is 293 g/mol. The molecule has 0 fully saturated rings. The third-order valence-corrected chi connectivity index (χ3v) is 2.45. The number of alkyl carbamates (subject to hydrolysis) is 1. The van der Waals surface area contributed by atoms with Gasteiger partial charge in [0.05, 0.1) is 0 Å². The van der Waals surface area contributed by atoms with Crippen LogP contribution in [-0.2, 0) is 4.74 Å². The van der Waals surface area contributed by atoms with Gasteiger partial charge in [-0.3, -0.25) is 4.79 Å². The number of carbonyl (C=O) groups excluding carboxylic acids is 2. The fraction of sp³-hybridized carbons (Fsp3) is 0.375. The maximum atomic E-state index is 13.1. The molecule has 21 heavy (non-hydrogen) atoms. The average molecular weight is 293 g/mol. The Bertz CT molecular complexity index is 533. The van der Waals surface area contributed by atoms with Crippen molar-refractivity contribution in [3.05, 3.63) is 41.2 Å². The Kier molecular flexibility index (Phi) is 6.09. The van der Waals surface area contributed by atoms with Gasteiger partial charge in [-0.2, -0.15) is 0 Å².